The Morgan fingerprint density at radius 1 is 1.00 bits per heavy atom. The molecule has 4 rings (SSSR count). The van der Waals surface area contributed by atoms with Crippen molar-refractivity contribution in [2.75, 3.05) is 0 Å². The number of aryl methyl sites for hydroxylation is 2. The number of pyridine rings is 1. The molecule has 0 saturated heterocycles. The van der Waals surface area contributed by atoms with Crippen molar-refractivity contribution < 1.29 is 0 Å². The van der Waals surface area contributed by atoms with Gasteiger partial charge in [0.25, 0.3) is 5.56 Å². The Labute approximate surface area is 137 Å². The van der Waals surface area contributed by atoms with E-state index in [0.717, 1.165) is 27.7 Å². The molecule has 0 spiro atoms. The van der Waals surface area contributed by atoms with Crippen molar-refractivity contribution in [1.29, 1.82) is 0 Å². The molecule has 2 aliphatic rings. The van der Waals surface area contributed by atoms with Crippen molar-refractivity contribution in [1.82, 2.24) is 14.5 Å². The van der Waals surface area contributed by atoms with E-state index in [-0.39, 0.29) is 0 Å². The van der Waals surface area contributed by atoms with Gasteiger partial charge in [0.1, 0.15) is 0 Å². The molecule has 0 atom stereocenters. The van der Waals surface area contributed by atoms with Crippen LogP contribution in [0.3, 0.4) is 0 Å². The maximum Gasteiger partial charge on any atom is 0.349 e. The molecule has 24 heavy (non-hydrogen) atoms. The molecule has 1 N–H and O–H groups in total. The van der Waals surface area contributed by atoms with Crippen LogP contribution < -0.4 is 11.2 Å². The lowest BCUT2D eigenvalue weighted by Gasteiger charge is -2.19. The van der Waals surface area contributed by atoms with Crippen LogP contribution in [-0.4, -0.2) is 14.5 Å². The Kier molecular flexibility index (Phi) is 3.09. The monoisotopic (exact) mass is 317 g/mol. The minimum atomic E-state index is -0.637. The molecule has 2 aromatic rings. The Morgan fingerprint density at radius 2 is 1.79 bits per heavy atom. The van der Waals surface area contributed by atoms with Crippen LogP contribution in [-0.2, 0) is 0 Å². The number of nitrogens with one attached hydrogen (secondary N) is 1. The zero-order chi connectivity index (χ0) is 16.8. The molecule has 2 aliphatic heterocycles. The van der Waals surface area contributed by atoms with E-state index in [9.17, 15) is 9.59 Å². The third-order valence-corrected chi connectivity index (χ3v) is 4.21. The highest BCUT2D eigenvalue weighted by molar-refractivity contribution is 5.87. The third kappa shape index (κ3) is 2.13. The fourth-order valence-electron chi connectivity index (χ4n) is 3.04. The lowest BCUT2D eigenvalue weighted by Crippen LogP contribution is -2.27. The van der Waals surface area contributed by atoms with Gasteiger partial charge in [-0.15, -0.1) is 0 Å². The molecule has 0 aliphatic carbocycles. The van der Waals surface area contributed by atoms with Crippen LogP contribution in [0.5, 0.6) is 0 Å². The van der Waals surface area contributed by atoms with Crippen molar-refractivity contribution in [3.63, 3.8) is 0 Å². The molecule has 5 heteroatoms. The Balaban J connectivity index is 2.29. The van der Waals surface area contributed by atoms with Crippen LogP contribution in [0.25, 0.3) is 28.0 Å². The van der Waals surface area contributed by atoms with E-state index < -0.39 is 11.2 Å². The zero-order valence-electron chi connectivity index (χ0n) is 13.3. The number of rotatable bonds is 1. The Bertz CT molecular complexity index is 1170. The van der Waals surface area contributed by atoms with Gasteiger partial charge in [-0.1, -0.05) is 30.3 Å². The molecule has 118 valence electrons. The Hall–Kier alpha value is -3.21. The molecule has 0 aromatic heterocycles. The fraction of sp³-hybridized carbons (Fsp3) is 0.105. The van der Waals surface area contributed by atoms with Crippen LogP contribution >= 0.6 is 0 Å². The second-order valence-electron chi connectivity index (χ2n) is 5.94. The van der Waals surface area contributed by atoms with Crippen molar-refractivity contribution in [2.24, 2.45) is 0 Å². The van der Waals surface area contributed by atoms with Gasteiger partial charge in [-0.25, -0.2) is 4.79 Å². The lowest BCUT2D eigenvalue weighted by atomic mass is 10.1. The van der Waals surface area contributed by atoms with Gasteiger partial charge >= 0.3 is 5.69 Å². The summed E-state index contributed by atoms with van der Waals surface area (Å²) in [6.07, 6.45) is 0. The summed E-state index contributed by atoms with van der Waals surface area (Å²) >= 11 is 0. The molecule has 2 heterocycles. The number of aromatic amines is 1. The van der Waals surface area contributed by atoms with E-state index in [1.54, 1.807) is 6.07 Å². The largest absolute Gasteiger partial charge is 0.349 e. The first-order chi connectivity index (χ1) is 11.5. The average molecular weight is 317 g/mol. The minimum absolute atomic E-state index is 0.371. The maximum absolute atomic E-state index is 12.3. The Morgan fingerprint density at radius 3 is 2.62 bits per heavy atom. The highest BCUT2D eigenvalue weighted by atomic mass is 16.2. The predicted octanol–water partition coefficient (Wildman–Crippen LogP) is 2.80. The normalized spacial score (nSPS) is 11.2. The average Bonchev–Trinajstić information content (AvgIpc) is 2.56. The second kappa shape index (κ2) is 5.16. The molecule has 0 saturated carbocycles. The maximum atomic E-state index is 12.3. The van der Waals surface area contributed by atoms with Crippen LogP contribution in [0.4, 0.5) is 0 Å². The molecular weight excluding hydrogens is 302 g/mol. The number of H-pyrrole nitrogens is 1. The van der Waals surface area contributed by atoms with Crippen LogP contribution in [0.15, 0.2) is 58.1 Å². The third-order valence-electron chi connectivity index (χ3n) is 4.21. The summed E-state index contributed by atoms with van der Waals surface area (Å²) in [5, 5.41) is 0.914. The highest BCUT2D eigenvalue weighted by Crippen LogP contribution is 2.29. The minimum Gasteiger partial charge on any atom is -0.293 e. The van der Waals surface area contributed by atoms with Crippen LogP contribution in [0, 0.1) is 13.8 Å². The summed E-state index contributed by atoms with van der Waals surface area (Å²) in [6, 6.07) is 15.6. The summed E-state index contributed by atoms with van der Waals surface area (Å²) in [7, 11) is 0. The highest BCUT2D eigenvalue weighted by Gasteiger charge is 2.18. The molecule has 2 aromatic carbocycles. The van der Waals surface area contributed by atoms with Crippen LogP contribution in [0.1, 0.15) is 11.1 Å². The molecule has 0 unspecified atom stereocenters. The fourth-order valence-corrected chi connectivity index (χ4v) is 3.04. The van der Waals surface area contributed by atoms with E-state index in [0.29, 0.717) is 11.4 Å². The molecule has 0 amide bonds. The van der Waals surface area contributed by atoms with Crippen LogP contribution in [0.2, 0.25) is 0 Å². The smallest absolute Gasteiger partial charge is 0.293 e. The number of hydrogen-bond acceptors (Lipinski definition) is 3. The number of para-hydroxylation sites is 1. The van der Waals surface area contributed by atoms with Gasteiger partial charge in [0, 0.05) is 0 Å². The van der Waals surface area contributed by atoms with Gasteiger partial charge in [0.05, 0.1) is 16.8 Å². The zero-order valence-corrected chi connectivity index (χ0v) is 13.3. The van der Waals surface area contributed by atoms with Gasteiger partial charge in [-0.05, 0) is 48.6 Å². The molecule has 0 bridgehead atoms. The van der Waals surface area contributed by atoms with E-state index in [2.05, 4.69) is 9.97 Å². The summed E-state index contributed by atoms with van der Waals surface area (Å²) in [6.45, 7) is 4.01. The van der Waals surface area contributed by atoms with E-state index in [4.69, 9.17) is 0 Å². The van der Waals surface area contributed by atoms with Gasteiger partial charge in [0.15, 0.2) is 5.82 Å². The quantitative estimate of drug-likeness (QED) is 0.549. The van der Waals surface area contributed by atoms with Gasteiger partial charge in [-0.3, -0.25) is 14.3 Å². The SMILES string of the molecule is Cc1ccc(C)c(-n2c3nc(=O)[nH]c(=O)c-3cc3ccccc32)c1. The number of aromatic nitrogens is 3. The first-order valence-corrected chi connectivity index (χ1v) is 7.67. The van der Waals surface area contributed by atoms with E-state index in [1.807, 2.05) is 60.9 Å². The van der Waals surface area contributed by atoms with Crippen molar-refractivity contribution in [3.8, 4) is 17.1 Å². The summed E-state index contributed by atoms with van der Waals surface area (Å²) in [4.78, 5) is 30.4. The first kappa shape index (κ1) is 14.4. The number of hydrogen-bond donors (Lipinski definition) is 1. The number of benzene rings is 2. The second-order valence-corrected chi connectivity index (χ2v) is 5.94. The summed E-state index contributed by atoms with van der Waals surface area (Å²) in [5.74, 6) is 0.371. The van der Waals surface area contributed by atoms with Gasteiger partial charge in [0.2, 0.25) is 0 Å². The van der Waals surface area contributed by atoms with Gasteiger partial charge < -0.3 is 0 Å². The summed E-state index contributed by atoms with van der Waals surface area (Å²) in [5.41, 5.74) is 3.28. The van der Waals surface area contributed by atoms with Crippen molar-refractivity contribution in [2.45, 2.75) is 13.8 Å². The predicted molar refractivity (Wildman–Crippen MR) is 94.1 cm³/mol. The first-order valence-electron chi connectivity index (χ1n) is 7.67. The molecule has 5 nitrogen and oxygen atoms in total. The standard InChI is InChI=1S/C19H15N3O2/c1-11-7-8-12(2)16(9-11)22-15-6-4-3-5-13(15)10-14-17(22)20-19(24)21-18(14)23/h3-10H,1-2H3,(H,21,23,24). The number of fused-ring (bicyclic) bond motifs is 2. The van der Waals surface area contributed by atoms with E-state index >= 15 is 0 Å². The van der Waals surface area contributed by atoms with Gasteiger partial charge in [-0.2, -0.15) is 4.98 Å². The molecule has 0 radical (unpaired) electrons. The number of nitrogens with zero attached hydrogens (tertiary/aromatic N) is 2. The van der Waals surface area contributed by atoms with E-state index in [1.165, 1.54) is 0 Å². The molecular formula is C19H15N3O2. The summed E-state index contributed by atoms with van der Waals surface area (Å²) < 4.78 is 1.89. The van der Waals surface area contributed by atoms with Crippen molar-refractivity contribution >= 4 is 10.9 Å². The topological polar surface area (TPSA) is 67.8 Å². The van der Waals surface area contributed by atoms with Crippen molar-refractivity contribution in [3.05, 3.63) is 80.5 Å². The molecule has 0 fully saturated rings. The lowest BCUT2D eigenvalue weighted by molar-refractivity contribution is 0.954.